The van der Waals surface area contributed by atoms with Gasteiger partial charge in [-0.15, -0.1) is 0 Å². The van der Waals surface area contributed by atoms with Crippen LogP contribution in [0.15, 0.2) is 30.3 Å². The van der Waals surface area contributed by atoms with Gasteiger partial charge in [-0.1, -0.05) is 74.3 Å². The molecule has 3 heterocycles. The molecule has 3 heteroatoms. The van der Waals surface area contributed by atoms with Crippen LogP contribution in [0.25, 0.3) is 0 Å². The SMILES string of the molecule is COC1(C#CC(O)(c2ccccc2)C2CCCCCCC2)CN2CCC1CC2. The van der Waals surface area contributed by atoms with Gasteiger partial charge in [0.2, 0.25) is 0 Å². The Morgan fingerprint density at radius 1 is 1.00 bits per heavy atom. The summed E-state index contributed by atoms with van der Waals surface area (Å²) >= 11 is 0. The fraction of sp³-hybridized carbons (Fsp3) is 0.680. The fourth-order valence-electron chi connectivity index (χ4n) is 5.62. The van der Waals surface area contributed by atoms with Gasteiger partial charge in [0.1, 0.15) is 5.60 Å². The Morgan fingerprint density at radius 2 is 1.64 bits per heavy atom. The van der Waals surface area contributed by atoms with E-state index in [-0.39, 0.29) is 5.92 Å². The molecule has 0 amide bonds. The van der Waals surface area contributed by atoms with Crippen LogP contribution in [0.1, 0.15) is 63.4 Å². The summed E-state index contributed by atoms with van der Waals surface area (Å²) in [7, 11) is 1.80. The van der Waals surface area contributed by atoms with Crippen molar-refractivity contribution in [2.75, 3.05) is 26.7 Å². The van der Waals surface area contributed by atoms with Crippen LogP contribution in [0, 0.1) is 23.7 Å². The molecule has 0 aromatic heterocycles. The summed E-state index contributed by atoms with van der Waals surface area (Å²) in [4.78, 5) is 2.47. The van der Waals surface area contributed by atoms with Crippen molar-refractivity contribution in [2.24, 2.45) is 11.8 Å². The van der Waals surface area contributed by atoms with Crippen molar-refractivity contribution in [3.8, 4) is 11.8 Å². The third-order valence-electron chi connectivity index (χ3n) is 7.44. The second-order valence-electron chi connectivity index (χ2n) is 9.07. The number of fused-ring (bicyclic) bond motifs is 3. The number of methoxy groups -OCH3 is 1. The quantitative estimate of drug-likeness (QED) is 0.790. The first kappa shape index (κ1) is 20.0. The maximum Gasteiger partial charge on any atom is 0.153 e. The van der Waals surface area contributed by atoms with Crippen LogP contribution < -0.4 is 0 Å². The van der Waals surface area contributed by atoms with Gasteiger partial charge < -0.3 is 9.84 Å². The molecule has 3 nitrogen and oxygen atoms in total. The van der Waals surface area contributed by atoms with Crippen LogP contribution in [0.3, 0.4) is 0 Å². The summed E-state index contributed by atoms with van der Waals surface area (Å²) < 4.78 is 6.05. The van der Waals surface area contributed by atoms with Gasteiger partial charge in [-0.3, -0.25) is 4.90 Å². The largest absolute Gasteiger partial charge is 0.373 e. The van der Waals surface area contributed by atoms with Crippen molar-refractivity contribution in [1.82, 2.24) is 4.90 Å². The fourth-order valence-corrected chi connectivity index (χ4v) is 5.62. The van der Waals surface area contributed by atoms with Crippen LogP contribution in [-0.4, -0.2) is 42.4 Å². The zero-order valence-electron chi connectivity index (χ0n) is 17.3. The number of hydrogen-bond donors (Lipinski definition) is 1. The maximum atomic E-state index is 12.0. The lowest BCUT2D eigenvalue weighted by atomic mass is 9.72. The summed E-state index contributed by atoms with van der Waals surface area (Å²) in [6.45, 7) is 3.18. The summed E-state index contributed by atoms with van der Waals surface area (Å²) in [5.41, 5.74) is -0.572. The van der Waals surface area contributed by atoms with Gasteiger partial charge in [0, 0.05) is 25.5 Å². The van der Waals surface area contributed by atoms with Gasteiger partial charge in [-0.2, -0.15) is 0 Å². The minimum atomic E-state index is -1.09. The number of benzene rings is 1. The lowest BCUT2D eigenvalue weighted by molar-refractivity contribution is -0.0968. The molecule has 3 saturated heterocycles. The van der Waals surface area contributed by atoms with Crippen molar-refractivity contribution >= 4 is 0 Å². The molecule has 3 aliphatic heterocycles. The van der Waals surface area contributed by atoms with Crippen LogP contribution in [0.4, 0.5) is 0 Å². The Hall–Kier alpha value is -1.34. The number of hydrogen-bond acceptors (Lipinski definition) is 3. The van der Waals surface area contributed by atoms with Crippen LogP contribution in [0.2, 0.25) is 0 Å². The van der Waals surface area contributed by atoms with Gasteiger partial charge in [0.15, 0.2) is 5.60 Å². The van der Waals surface area contributed by atoms with E-state index in [0.29, 0.717) is 5.92 Å². The molecule has 152 valence electrons. The smallest absolute Gasteiger partial charge is 0.153 e. The first-order valence-corrected chi connectivity index (χ1v) is 11.3. The average molecular weight is 382 g/mol. The Kier molecular flexibility index (Phi) is 6.11. The van der Waals surface area contributed by atoms with Crippen molar-refractivity contribution in [1.29, 1.82) is 0 Å². The van der Waals surface area contributed by atoms with Gasteiger partial charge in [0.25, 0.3) is 0 Å². The Bertz CT molecular complexity index is 692. The highest BCUT2D eigenvalue weighted by atomic mass is 16.5. The predicted molar refractivity (Wildman–Crippen MR) is 113 cm³/mol. The van der Waals surface area contributed by atoms with E-state index in [2.05, 4.69) is 16.7 Å². The summed E-state index contributed by atoms with van der Waals surface area (Å²) in [6, 6.07) is 10.1. The third kappa shape index (κ3) is 3.88. The molecular weight excluding hydrogens is 346 g/mol. The second kappa shape index (κ2) is 8.57. The van der Waals surface area contributed by atoms with Crippen LogP contribution in [0.5, 0.6) is 0 Å². The monoisotopic (exact) mass is 381 g/mol. The van der Waals surface area contributed by atoms with Crippen molar-refractivity contribution in [3.05, 3.63) is 35.9 Å². The van der Waals surface area contributed by atoms with E-state index in [1.807, 2.05) is 30.3 Å². The topological polar surface area (TPSA) is 32.7 Å². The molecule has 28 heavy (non-hydrogen) atoms. The average Bonchev–Trinajstić information content (AvgIpc) is 2.73. The molecule has 1 N–H and O–H groups in total. The number of piperidine rings is 3. The minimum absolute atomic E-state index is 0.192. The number of rotatable bonds is 3. The number of nitrogens with zero attached hydrogens (tertiary/aromatic N) is 1. The van der Waals surface area contributed by atoms with Gasteiger partial charge in [-0.25, -0.2) is 0 Å². The van der Waals surface area contributed by atoms with E-state index < -0.39 is 11.2 Å². The minimum Gasteiger partial charge on any atom is -0.373 e. The van der Waals surface area contributed by atoms with E-state index >= 15 is 0 Å². The lowest BCUT2D eigenvalue weighted by Gasteiger charge is -2.50. The van der Waals surface area contributed by atoms with Crippen LogP contribution >= 0.6 is 0 Å². The van der Waals surface area contributed by atoms with Crippen molar-refractivity contribution in [2.45, 2.75) is 69.0 Å². The summed E-state index contributed by atoms with van der Waals surface area (Å²) in [5, 5.41) is 12.0. The highest BCUT2D eigenvalue weighted by Crippen LogP contribution is 2.40. The molecule has 1 aromatic rings. The van der Waals surface area contributed by atoms with Crippen molar-refractivity contribution < 1.29 is 9.84 Å². The van der Waals surface area contributed by atoms with E-state index in [1.54, 1.807) is 7.11 Å². The van der Waals surface area contributed by atoms with E-state index in [1.165, 1.54) is 32.1 Å². The first-order valence-electron chi connectivity index (χ1n) is 11.3. The summed E-state index contributed by atoms with van der Waals surface area (Å²) in [5.74, 6) is 7.63. The molecule has 1 aliphatic carbocycles. The molecular formula is C25H35NO2. The number of ether oxygens (including phenoxy) is 1. The van der Waals surface area contributed by atoms with E-state index in [4.69, 9.17) is 4.74 Å². The molecule has 0 spiro atoms. The third-order valence-corrected chi connectivity index (χ3v) is 7.44. The molecule has 2 unspecified atom stereocenters. The molecule has 1 aromatic carbocycles. The van der Waals surface area contributed by atoms with Gasteiger partial charge in [0.05, 0.1) is 0 Å². The second-order valence-corrected chi connectivity index (χ2v) is 9.07. The Balaban J connectivity index is 1.69. The zero-order valence-corrected chi connectivity index (χ0v) is 17.3. The molecule has 2 atom stereocenters. The van der Waals surface area contributed by atoms with Crippen molar-refractivity contribution in [3.63, 3.8) is 0 Å². The van der Waals surface area contributed by atoms with E-state index in [9.17, 15) is 5.11 Å². The molecule has 4 aliphatic rings. The Morgan fingerprint density at radius 3 is 2.21 bits per heavy atom. The standard InChI is InChI=1S/C25H35NO2/c1-28-24(20-26-18-14-21(24)15-19-26)16-17-25(27,23-12-8-5-9-13-23)22-10-6-3-2-4-7-11-22/h5,8-9,12-13,21-22,27H,2-4,6-7,10-11,14-15,18-20H2,1H3. The molecule has 1 saturated carbocycles. The zero-order chi connectivity index (χ0) is 19.5. The van der Waals surface area contributed by atoms with Gasteiger partial charge >= 0.3 is 0 Å². The predicted octanol–water partition coefficient (Wildman–Crippen LogP) is 4.35. The van der Waals surface area contributed by atoms with Crippen LogP contribution in [-0.2, 0) is 10.3 Å². The highest BCUT2D eigenvalue weighted by molar-refractivity contribution is 5.36. The molecule has 2 bridgehead atoms. The molecule has 0 radical (unpaired) electrons. The normalized spacial score (nSPS) is 33.2. The van der Waals surface area contributed by atoms with Gasteiger partial charge in [-0.05, 0) is 44.3 Å². The number of aliphatic hydroxyl groups is 1. The lowest BCUT2D eigenvalue weighted by Crippen LogP contribution is -2.59. The Labute approximate surface area is 170 Å². The van der Waals surface area contributed by atoms with E-state index in [0.717, 1.165) is 50.9 Å². The maximum absolute atomic E-state index is 12.0. The first-order chi connectivity index (χ1) is 13.7. The highest BCUT2D eigenvalue weighted by Gasteiger charge is 2.47. The molecule has 5 rings (SSSR count). The molecule has 4 fully saturated rings. The summed E-state index contributed by atoms with van der Waals surface area (Å²) in [6.07, 6.45) is 10.6.